The van der Waals surface area contributed by atoms with Crippen LogP contribution in [0.1, 0.15) is 33.4 Å². The third-order valence-corrected chi connectivity index (χ3v) is 6.99. The number of fused-ring (bicyclic) bond motifs is 12. The first-order chi connectivity index (χ1) is 14.6. The summed E-state index contributed by atoms with van der Waals surface area (Å²) < 4.78 is 0. The van der Waals surface area contributed by atoms with Crippen LogP contribution in [0.15, 0.2) is 54.6 Å². The topological polar surface area (TPSA) is 60.7 Å². The van der Waals surface area contributed by atoms with Crippen molar-refractivity contribution in [3.8, 4) is 50.6 Å². The molecule has 0 saturated heterocycles. The molecule has 0 amide bonds. The van der Waals surface area contributed by atoms with Gasteiger partial charge in [-0.25, -0.2) is 0 Å². The molecule has 0 radical (unpaired) electrons. The Bertz CT molecular complexity index is 1250. The molecular weight excluding hydrogens is 372 g/mol. The van der Waals surface area contributed by atoms with E-state index in [1.165, 1.54) is 50.1 Å². The molecule has 3 aliphatic rings. The molecule has 4 aromatic carbocycles. The van der Waals surface area contributed by atoms with Gasteiger partial charge < -0.3 is 15.3 Å². The molecule has 0 saturated carbocycles. The number of hydrogen-bond acceptors (Lipinski definition) is 3. The number of phenolic OH excluding ortho intramolecular Hbond substituents is 3. The Morgan fingerprint density at radius 1 is 0.433 bits per heavy atom. The number of benzene rings is 4. The largest absolute Gasteiger partial charge is 0.508 e. The second-order valence-electron chi connectivity index (χ2n) is 8.62. The Morgan fingerprint density at radius 3 is 1.03 bits per heavy atom. The minimum absolute atomic E-state index is 0.299. The van der Waals surface area contributed by atoms with Crippen LogP contribution in [0.3, 0.4) is 0 Å². The van der Waals surface area contributed by atoms with E-state index in [4.69, 9.17) is 0 Å². The fourth-order valence-electron chi connectivity index (χ4n) is 5.91. The standard InChI is InChI=1S/C27H18O3/c28-16-1-4-19-13(7-16)10-22-25(19)23-11-14-8-17(29)2-5-20(14)27(23)24-12-15-9-18(30)3-6-21(15)26(22)24/h1-9,28-30H,10-12H2. The van der Waals surface area contributed by atoms with E-state index in [1.54, 1.807) is 18.2 Å². The van der Waals surface area contributed by atoms with E-state index in [1.807, 2.05) is 36.4 Å². The molecule has 0 heterocycles. The summed E-state index contributed by atoms with van der Waals surface area (Å²) in [5.41, 5.74) is 14.9. The van der Waals surface area contributed by atoms with Gasteiger partial charge in [-0.15, -0.1) is 0 Å². The van der Waals surface area contributed by atoms with Crippen molar-refractivity contribution in [3.05, 3.63) is 88.0 Å². The van der Waals surface area contributed by atoms with E-state index < -0.39 is 0 Å². The molecule has 0 fully saturated rings. The van der Waals surface area contributed by atoms with Gasteiger partial charge in [0.1, 0.15) is 17.2 Å². The zero-order valence-corrected chi connectivity index (χ0v) is 16.2. The van der Waals surface area contributed by atoms with Gasteiger partial charge in [0.15, 0.2) is 0 Å². The normalized spacial score (nSPS) is 14.0. The summed E-state index contributed by atoms with van der Waals surface area (Å²) in [4.78, 5) is 0. The van der Waals surface area contributed by atoms with E-state index >= 15 is 0 Å². The third kappa shape index (κ3) is 1.90. The first-order valence-corrected chi connectivity index (χ1v) is 10.3. The lowest BCUT2D eigenvalue weighted by Gasteiger charge is -2.17. The minimum atomic E-state index is 0.299. The maximum absolute atomic E-state index is 10.1. The number of aromatic hydroxyl groups is 3. The Hall–Kier alpha value is -3.72. The van der Waals surface area contributed by atoms with Crippen LogP contribution in [0.5, 0.6) is 17.2 Å². The van der Waals surface area contributed by atoms with Gasteiger partial charge in [-0.2, -0.15) is 0 Å². The molecular formula is C27H18O3. The Morgan fingerprint density at radius 2 is 0.733 bits per heavy atom. The summed E-state index contributed by atoms with van der Waals surface area (Å²) in [5, 5.41) is 30.2. The van der Waals surface area contributed by atoms with Crippen LogP contribution in [0.2, 0.25) is 0 Å². The van der Waals surface area contributed by atoms with Crippen molar-refractivity contribution in [2.24, 2.45) is 0 Å². The van der Waals surface area contributed by atoms with Gasteiger partial charge in [-0.05, 0) is 122 Å². The van der Waals surface area contributed by atoms with Crippen molar-refractivity contribution in [2.75, 3.05) is 0 Å². The summed E-state index contributed by atoms with van der Waals surface area (Å²) in [5.74, 6) is 0.898. The van der Waals surface area contributed by atoms with E-state index in [0.29, 0.717) is 17.2 Å². The van der Waals surface area contributed by atoms with E-state index in [2.05, 4.69) is 0 Å². The molecule has 3 heteroatoms. The predicted octanol–water partition coefficient (Wildman–Crippen LogP) is 5.52. The molecule has 3 N–H and O–H groups in total. The van der Waals surface area contributed by atoms with Gasteiger partial charge in [0.2, 0.25) is 0 Å². The predicted molar refractivity (Wildman–Crippen MR) is 116 cm³/mol. The maximum atomic E-state index is 10.1. The fraction of sp³-hybridized carbons (Fsp3) is 0.111. The lowest BCUT2D eigenvalue weighted by Crippen LogP contribution is -1.96. The molecule has 144 valence electrons. The van der Waals surface area contributed by atoms with Crippen molar-refractivity contribution in [1.82, 2.24) is 0 Å². The smallest absolute Gasteiger partial charge is 0.115 e. The molecule has 4 aromatic rings. The molecule has 7 rings (SSSR count). The zero-order valence-electron chi connectivity index (χ0n) is 16.2. The van der Waals surface area contributed by atoms with E-state index in [-0.39, 0.29) is 0 Å². The SMILES string of the molecule is Oc1ccc2c(c1)Cc1c-2c2c(c3c1-c1ccc(O)cc1C3)-c1ccc(O)cc1C2. The van der Waals surface area contributed by atoms with Crippen molar-refractivity contribution in [3.63, 3.8) is 0 Å². The van der Waals surface area contributed by atoms with Gasteiger partial charge in [0, 0.05) is 0 Å². The highest BCUT2D eigenvalue weighted by Crippen LogP contribution is 2.57. The first-order valence-electron chi connectivity index (χ1n) is 10.3. The summed E-state index contributed by atoms with van der Waals surface area (Å²) >= 11 is 0. The van der Waals surface area contributed by atoms with E-state index in [9.17, 15) is 15.3 Å². The van der Waals surface area contributed by atoms with Crippen molar-refractivity contribution >= 4 is 0 Å². The van der Waals surface area contributed by atoms with Crippen LogP contribution in [0, 0.1) is 0 Å². The Labute approximate surface area is 173 Å². The van der Waals surface area contributed by atoms with Crippen LogP contribution >= 0.6 is 0 Å². The van der Waals surface area contributed by atoms with Crippen LogP contribution in [-0.2, 0) is 19.3 Å². The highest BCUT2D eigenvalue weighted by Gasteiger charge is 2.37. The van der Waals surface area contributed by atoms with Gasteiger partial charge >= 0.3 is 0 Å². The van der Waals surface area contributed by atoms with Crippen LogP contribution in [0.25, 0.3) is 33.4 Å². The molecule has 0 aromatic heterocycles. The molecule has 0 unspecified atom stereocenters. The van der Waals surface area contributed by atoms with Crippen LogP contribution < -0.4 is 0 Å². The summed E-state index contributed by atoms with van der Waals surface area (Å²) in [7, 11) is 0. The third-order valence-electron chi connectivity index (χ3n) is 6.99. The van der Waals surface area contributed by atoms with Crippen molar-refractivity contribution in [1.29, 1.82) is 0 Å². The number of phenols is 3. The highest BCUT2D eigenvalue weighted by atomic mass is 16.3. The maximum Gasteiger partial charge on any atom is 0.115 e. The quantitative estimate of drug-likeness (QED) is 0.320. The Kier molecular flexibility index (Phi) is 2.82. The molecule has 0 bridgehead atoms. The highest BCUT2D eigenvalue weighted by molar-refractivity contribution is 6.00. The summed E-state index contributed by atoms with van der Waals surface area (Å²) in [6.07, 6.45) is 2.41. The molecule has 3 aliphatic carbocycles. The lowest BCUT2D eigenvalue weighted by molar-refractivity contribution is 0.474. The zero-order chi connectivity index (χ0) is 20.1. The summed E-state index contributed by atoms with van der Waals surface area (Å²) in [6, 6.07) is 17.1. The molecule has 30 heavy (non-hydrogen) atoms. The van der Waals surface area contributed by atoms with Gasteiger partial charge in [0.25, 0.3) is 0 Å². The average molecular weight is 390 g/mol. The van der Waals surface area contributed by atoms with Crippen molar-refractivity contribution < 1.29 is 15.3 Å². The number of rotatable bonds is 0. The van der Waals surface area contributed by atoms with Crippen LogP contribution in [-0.4, -0.2) is 15.3 Å². The molecule has 0 spiro atoms. The number of hydrogen-bond donors (Lipinski definition) is 3. The van der Waals surface area contributed by atoms with Gasteiger partial charge in [-0.1, -0.05) is 18.2 Å². The van der Waals surface area contributed by atoms with Crippen molar-refractivity contribution in [2.45, 2.75) is 19.3 Å². The van der Waals surface area contributed by atoms with Gasteiger partial charge in [0.05, 0.1) is 0 Å². The molecule has 0 atom stereocenters. The average Bonchev–Trinajstić information content (AvgIpc) is 3.36. The lowest BCUT2D eigenvalue weighted by atomic mass is 9.86. The van der Waals surface area contributed by atoms with Crippen LogP contribution in [0.4, 0.5) is 0 Å². The van der Waals surface area contributed by atoms with E-state index in [0.717, 1.165) is 36.0 Å². The second kappa shape index (κ2) is 5.25. The summed E-state index contributed by atoms with van der Waals surface area (Å²) in [6.45, 7) is 0. The van der Waals surface area contributed by atoms with Gasteiger partial charge in [-0.3, -0.25) is 0 Å². The Balaban J connectivity index is 1.61. The minimum Gasteiger partial charge on any atom is -0.508 e. The fourth-order valence-corrected chi connectivity index (χ4v) is 5.91. The second-order valence-corrected chi connectivity index (χ2v) is 8.62. The molecule has 3 nitrogen and oxygen atoms in total. The molecule has 0 aliphatic heterocycles. The first kappa shape index (κ1) is 16.1. The monoisotopic (exact) mass is 390 g/mol.